The van der Waals surface area contributed by atoms with E-state index in [9.17, 15) is 14.9 Å². The third-order valence-electron chi connectivity index (χ3n) is 3.30. The van der Waals surface area contributed by atoms with Gasteiger partial charge in [-0.25, -0.2) is 4.98 Å². The van der Waals surface area contributed by atoms with E-state index in [1.54, 1.807) is 18.2 Å². The number of hydrogen-bond donors (Lipinski definition) is 2. The number of H-pyrrole nitrogens is 1. The zero-order valence-electron chi connectivity index (χ0n) is 10.5. The van der Waals surface area contributed by atoms with Crippen LogP contribution in [0.2, 0.25) is 0 Å². The number of hydrogen-bond acceptors (Lipinski definition) is 5. The largest absolute Gasteiger partial charge is 0.312 e. The van der Waals surface area contributed by atoms with Crippen molar-refractivity contribution in [1.82, 2.24) is 15.3 Å². The average Bonchev–Trinajstić information content (AvgIpc) is 2.47. The Kier molecular flexibility index (Phi) is 3.03. The maximum absolute atomic E-state index is 12.0. The van der Waals surface area contributed by atoms with Crippen molar-refractivity contribution < 1.29 is 4.92 Å². The topological polar surface area (TPSA) is 101 Å². The molecule has 2 aromatic rings. The Morgan fingerprint density at radius 3 is 2.90 bits per heavy atom. The Morgan fingerprint density at radius 2 is 2.10 bits per heavy atom. The molecule has 20 heavy (non-hydrogen) atoms. The molecule has 0 radical (unpaired) electrons. The van der Waals surface area contributed by atoms with Gasteiger partial charge in [-0.15, -0.1) is 0 Å². The van der Waals surface area contributed by atoms with Crippen molar-refractivity contribution in [2.75, 3.05) is 6.54 Å². The van der Waals surface area contributed by atoms with E-state index in [2.05, 4.69) is 15.3 Å². The minimum Gasteiger partial charge on any atom is -0.312 e. The zero-order valence-corrected chi connectivity index (χ0v) is 10.5. The smallest absolute Gasteiger partial charge is 0.280 e. The van der Waals surface area contributed by atoms with E-state index < -0.39 is 4.92 Å². The number of fused-ring (bicyclic) bond motifs is 1. The molecule has 3 rings (SSSR count). The zero-order chi connectivity index (χ0) is 14.1. The molecule has 0 aliphatic carbocycles. The first-order chi connectivity index (χ1) is 9.66. The molecule has 0 saturated carbocycles. The fourth-order valence-electron chi connectivity index (χ4n) is 2.31. The monoisotopic (exact) mass is 272 g/mol. The quantitative estimate of drug-likeness (QED) is 0.627. The SMILES string of the molecule is O=c1[nH]c(-c2ccccc2[N+](=O)[O-])nc2c1CNCC2. The molecule has 7 heteroatoms. The first kappa shape index (κ1) is 12.5. The summed E-state index contributed by atoms with van der Waals surface area (Å²) in [6, 6.07) is 6.26. The van der Waals surface area contributed by atoms with Crippen LogP contribution >= 0.6 is 0 Å². The van der Waals surface area contributed by atoms with Gasteiger partial charge in [0.25, 0.3) is 11.2 Å². The molecular formula is C13H12N4O3. The molecule has 0 fully saturated rings. The molecule has 2 heterocycles. The van der Waals surface area contributed by atoms with Crippen molar-refractivity contribution in [3.8, 4) is 11.4 Å². The lowest BCUT2D eigenvalue weighted by molar-refractivity contribution is -0.384. The molecule has 102 valence electrons. The lowest BCUT2D eigenvalue weighted by atomic mass is 10.1. The third kappa shape index (κ3) is 2.08. The number of para-hydroxylation sites is 1. The van der Waals surface area contributed by atoms with Crippen molar-refractivity contribution in [1.29, 1.82) is 0 Å². The molecule has 1 aromatic heterocycles. The molecule has 0 atom stereocenters. The molecule has 0 unspecified atom stereocenters. The van der Waals surface area contributed by atoms with Gasteiger partial charge in [0.2, 0.25) is 0 Å². The third-order valence-corrected chi connectivity index (χ3v) is 3.30. The van der Waals surface area contributed by atoms with Crippen molar-refractivity contribution >= 4 is 5.69 Å². The summed E-state index contributed by atoms with van der Waals surface area (Å²) in [6.07, 6.45) is 0.646. The van der Waals surface area contributed by atoms with Gasteiger partial charge < -0.3 is 10.3 Å². The van der Waals surface area contributed by atoms with Crippen LogP contribution in [0.15, 0.2) is 29.1 Å². The number of benzene rings is 1. The van der Waals surface area contributed by atoms with Crippen LogP contribution in [0.5, 0.6) is 0 Å². The predicted octanol–water partition coefficient (Wildman–Crippen LogP) is 0.991. The summed E-state index contributed by atoms with van der Waals surface area (Å²) in [5.41, 5.74) is 1.34. The molecule has 0 saturated heterocycles. The second kappa shape index (κ2) is 4.86. The highest BCUT2D eigenvalue weighted by Gasteiger charge is 2.20. The second-order valence-corrected chi connectivity index (χ2v) is 4.54. The van der Waals surface area contributed by atoms with E-state index in [4.69, 9.17) is 0 Å². The lowest BCUT2D eigenvalue weighted by Gasteiger charge is -2.15. The Labute approximate surface area is 113 Å². The molecule has 1 aromatic carbocycles. The summed E-state index contributed by atoms with van der Waals surface area (Å²) in [7, 11) is 0. The number of nitro groups is 1. The van der Waals surface area contributed by atoms with Gasteiger partial charge in [-0.3, -0.25) is 14.9 Å². The van der Waals surface area contributed by atoms with Gasteiger partial charge in [-0.2, -0.15) is 0 Å². The molecular weight excluding hydrogens is 260 g/mol. The highest BCUT2D eigenvalue weighted by Crippen LogP contribution is 2.26. The van der Waals surface area contributed by atoms with E-state index in [1.165, 1.54) is 6.07 Å². The standard InChI is InChI=1S/C13H12N4O3/c18-13-9-7-14-6-5-10(9)15-12(16-13)8-3-1-2-4-11(8)17(19)20/h1-4,14H,5-7H2,(H,15,16,18). The summed E-state index contributed by atoms with van der Waals surface area (Å²) in [4.78, 5) is 29.6. The number of aromatic amines is 1. The summed E-state index contributed by atoms with van der Waals surface area (Å²) in [5.74, 6) is 0.253. The molecule has 1 aliphatic rings. The molecule has 0 amide bonds. The summed E-state index contributed by atoms with van der Waals surface area (Å²) in [6.45, 7) is 1.23. The summed E-state index contributed by atoms with van der Waals surface area (Å²) < 4.78 is 0. The maximum Gasteiger partial charge on any atom is 0.280 e. The highest BCUT2D eigenvalue weighted by atomic mass is 16.6. The molecule has 7 nitrogen and oxygen atoms in total. The van der Waals surface area contributed by atoms with Gasteiger partial charge in [-0.05, 0) is 6.07 Å². The Bertz CT molecular complexity index is 739. The Morgan fingerprint density at radius 1 is 1.30 bits per heavy atom. The first-order valence-corrected chi connectivity index (χ1v) is 6.23. The summed E-state index contributed by atoms with van der Waals surface area (Å²) >= 11 is 0. The number of rotatable bonds is 2. The predicted molar refractivity (Wildman–Crippen MR) is 72.4 cm³/mol. The molecule has 2 N–H and O–H groups in total. The van der Waals surface area contributed by atoms with Crippen LogP contribution in [0.3, 0.4) is 0 Å². The van der Waals surface area contributed by atoms with Crippen molar-refractivity contribution in [3.63, 3.8) is 0 Å². The number of nitro benzene ring substituents is 1. The van der Waals surface area contributed by atoms with Gasteiger partial charge in [0, 0.05) is 25.6 Å². The van der Waals surface area contributed by atoms with Gasteiger partial charge in [-0.1, -0.05) is 12.1 Å². The fraction of sp³-hybridized carbons (Fsp3) is 0.231. The van der Waals surface area contributed by atoms with Crippen LogP contribution in [0, 0.1) is 10.1 Å². The lowest BCUT2D eigenvalue weighted by Crippen LogP contribution is -2.31. The van der Waals surface area contributed by atoms with E-state index in [0.717, 1.165) is 6.54 Å². The Hall–Kier alpha value is -2.54. The normalized spacial score (nSPS) is 13.8. The van der Waals surface area contributed by atoms with Gasteiger partial charge in [0.05, 0.1) is 21.7 Å². The minimum atomic E-state index is -0.476. The Balaban J connectivity index is 2.19. The van der Waals surface area contributed by atoms with Crippen LogP contribution in [0.25, 0.3) is 11.4 Å². The first-order valence-electron chi connectivity index (χ1n) is 6.23. The molecule has 1 aliphatic heterocycles. The average molecular weight is 272 g/mol. The van der Waals surface area contributed by atoms with E-state index in [0.29, 0.717) is 29.8 Å². The summed E-state index contributed by atoms with van der Waals surface area (Å²) in [5, 5.41) is 14.1. The number of nitrogens with one attached hydrogen (secondary N) is 2. The number of aromatic nitrogens is 2. The van der Waals surface area contributed by atoms with Gasteiger partial charge in [0.15, 0.2) is 0 Å². The van der Waals surface area contributed by atoms with E-state index in [1.807, 2.05) is 0 Å². The fourth-order valence-corrected chi connectivity index (χ4v) is 2.31. The molecule has 0 spiro atoms. The minimum absolute atomic E-state index is 0.0652. The van der Waals surface area contributed by atoms with Gasteiger partial charge >= 0.3 is 0 Å². The van der Waals surface area contributed by atoms with Crippen molar-refractivity contribution in [3.05, 3.63) is 56.0 Å². The van der Waals surface area contributed by atoms with Crippen LogP contribution in [-0.2, 0) is 13.0 Å². The van der Waals surface area contributed by atoms with Crippen molar-refractivity contribution in [2.45, 2.75) is 13.0 Å². The van der Waals surface area contributed by atoms with Gasteiger partial charge in [0.1, 0.15) is 5.82 Å². The number of nitrogens with zero attached hydrogens (tertiary/aromatic N) is 2. The van der Waals surface area contributed by atoms with Crippen LogP contribution in [-0.4, -0.2) is 21.4 Å². The van der Waals surface area contributed by atoms with Crippen LogP contribution < -0.4 is 10.9 Å². The van der Waals surface area contributed by atoms with E-state index in [-0.39, 0.29) is 17.1 Å². The van der Waals surface area contributed by atoms with Crippen LogP contribution in [0.1, 0.15) is 11.3 Å². The van der Waals surface area contributed by atoms with Crippen LogP contribution in [0.4, 0.5) is 5.69 Å². The van der Waals surface area contributed by atoms with E-state index >= 15 is 0 Å². The highest BCUT2D eigenvalue weighted by molar-refractivity contribution is 5.67. The molecule has 0 bridgehead atoms. The maximum atomic E-state index is 12.0. The van der Waals surface area contributed by atoms with Crippen molar-refractivity contribution in [2.24, 2.45) is 0 Å². The second-order valence-electron chi connectivity index (χ2n) is 4.54.